The normalized spacial score (nSPS) is 11.8. The first kappa shape index (κ1) is 21.7. The molecular formula is C18H13Cl3N2O4S2. The van der Waals surface area contributed by atoms with Crippen LogP contribution in [0.3, 0.4) is 0 Å². The van der Waals surface area contributed by atoms with Crippen LogP contribution >= 0.6 is 34.8 Å². The third-order valence-corrected chi connectivity index (χ3v) is 7.41. The van der Waals surface area contributed by atoms with Crippen LogP contribution in [0.4, 0.5) is 11.4 Å². The number of halogens is 3. The summed E-state index contributed by atoms with van der Waals surface area (Å²) in [5.74, 6) is 0. The quantitative estimate of drug-likeness (QED) is 0.493. The molecule has 0 aliphatic heterocycles. The third kappa shape index (κ3) is 5.34. The molecule has 2 N–H and O–H groups in total. The smallest absolute Gasteiger partial charge is 0.263 e. The van der Waals surface area contributed by atoms with Gasteiger partial charge in [-0.25, -0.2) is 16.8 Å². The zero-order valence-electron chi connectivity index (χ0n) is 14.4. The minimum Gasteiger partial charge on any atom is -0.280 e. The fourth-order valence-electron chi connectivity index (χ4n) is 2.36. The van der Waals surface area contributed by atoms with Crippen LogP contribution in [0.15, 0.2) is 76.5 Å². The summed E-state index contributed by atoms with van der Waals surface area (Å²) in [4.78, 5) is -0.243. The van der Waals surface area contributed by atoms with Gasteiger partial charge in [-0.2, -0.15) is 0 Å². The van der Waals surface area contributed by atoms with Crippen molar-refractivity contribution < 1.29 is 16.8 Å². The predicted molar refractivity (Wildman–Crippen MR) is 116 cm³/mol. The molecule has 3 aromatic carbocycles. The summed E-state index contributed by atoms with van der Waals surface area (Å²) in [7, 11) is -7.89. The molecule has 0 aliphatic rings. The average Bonchev–Trinajstić information content (AvgIpc) is 2.63. The van der Waals surface area contributed by atoms with Crippen LogP contribution in [0.25, 0.3) is 0 Å². The minimum absolute atomic E-state index is 0.00631. The maximum Gasteiger partial charge on any atom is 0.263 e. The lowest BCUT2D eigenvalue weighted by Gasteiger charge is -2.11. The lowest BCUT2D eigenvalue weighted by atomic mass is 10.3. The van der Waals surface area contributed by atoms with Gasteiger partial charge in [0, 0.05) is 15.7 Å². The van der Waals surface area contributed by atoms with E-state index in [-0.39, 0.29) is 25.5 Å². The van der Waals surface area contributed by atoms with Crippen LogP contribution < -0.4 is 9.44 Å². The predicted octanol–water partition coefficient (Wildman–Crippen LogP) is 5.25. The van der Waals surface area contributed by atoms with Gasteiger partial charge in [-0.15, -0.1) is 0 Å². The van der Waals surface area contributed by atoms with Crippen molar-refractivity contribution in [2.75, 3.05) is 9.44 Å². The standard InChI is InChI=1S/C18H13Cl3N2O4S2/c19-12-2-1-3-15(10-12)23-28(24,25)16-7-5-14(6-8-16)22-29(26,27)18-11-13(20)4-9-17(18)21/h1-11,22-23H. The van der Waals surface area contributed by atoms with E-state index in [0.717, 1.165) is 0 Å². The summed E-state index contributed by atoms with van der Waals surface area (Å²) in [5, 5.41) is 0.602. The Morgan fingerprint density at radius 2 is 1.24 bits per heavy atom. The highest BCUT2D eigenvalue weighted by atomic mass is 35.5. The highest BCUT2D eigenvalue weighted by Gasteiger charge is 2.20. The van der Waals surface area contributed by atoms with Crippen LogP contribution in [0, 0.1) is 0 Å². The summed E-state index contributed by atoms with van der Waals surface area (Å²) in [6, 6.07) is 15.5. The van der Waals surface area contributed by atoms with Gasteiger partial charge in [-0.1, -0.05) is 40.9 Å². The summed E-state index contributed by atoms with van der Waals surface area (Å²) in [6.45, 7) is 0. The molecule has 0 spiro atoms. The van der Waals surface area contributed by atoms with E-state index in [2.05, 4.69) is 9.44 Å². The number of benzene rings is 3. The fraction of sp³-hybridized carbons (Fsp3) is 0. The van der Waals surface area contributed by atoms with Gasteiger partial charge in [-0.05, 0) is 60.7 Å². The SMILES string of the molecule is O=S(=O)(Nc1cccc(Cl)c1)c1ccc(NS(=O)(=O)c2cc(Cl)ccc2Cl)cc1. The largest absolute Gasteiger partial charge is 0.280 e. The van der Waals surface area contributed by atoms with Gasteiger partial charge in [0.1, 0.15) is 4.90 Å². The summed E-state index contributed by atoms with van der Waals surface area (Å²) in [6.07, 6.45) is 0. The van der Waals surface area contributed by atoms with E-state index in [1.165, 1.54) is 48.5 Å². The second-order valence-electron chi connectivity index (χ2n) is 5.82. The van der Waals surface area contributed by atoms with Crippen molar-refractivity contribution in [3.05, 3.63) is 81.8 Å². The molecule has 0 aromatic heterocycles. The molecule has 0 unspecified atom stereocenters. The Hall–Kier alpha value is -1.97. The molecule has 0 amide bonds. The molecule has 3 rings (SSSR count). The van der Waals surface area contributed by atoms with Crippen LogP contribution in [-0.2, 0) is 20.0 Å². The van der Waals surface area contributed by atoms with E-state index in [4.69, 9.17) is 34.8 Å². The molecule has 152 valence electrons. The highest BCUT2D eigenvalue weighted by Crippen LogP contribution is 2.27. The van der Waals surface area contributed by atoms with Gasteiger partial charge >= 0.3 is 0 Å². The molecule has 0 aliphatic carbocycles. The molecular weight excluding hydrogens is 479 g/mol. The summed E-state index contributed by atoms with van der Waals surface area (Å²) < 4.78 is 54.8. The topological polar surface area (TPSA) is 92.3 Å². The fourth-order valence-corrected chi connectivity index (χ4v) is 5.42. The molecule has 0 saturated heterocycles. The Morgan fingerprint density at radius 3 is 1.90 bits per heavy atom. The van der Waals surface area contributed by atoms with Crippen molar-refractivity contribution in [1.29, 1.82) is 0 Å². The van der Waals surface area contributed by atoms with Crippen LogP contribution in [0.2, 0.25) is 15.1 Å². The van der Waals surface area contributed by atoms with E-state index in [0.29, 0.717) is 10.7 Å². The molecule has 0 fully saturated rings. The number of rotatable bonds is 6. The Bertz CT molecular complexity index is 1260. The second-order valence-corrected chi connectivity index (χ2v) is 10.4. The van der Waals surface area contributed by atoms with E-state index in [1.807, 2.05) is 0 Å². The van der Waals surface area contributed by atoms with Crippen molar-refractivity contribution in [2.45, 2.75) is 9.79 Å². The highest BCUT2D eigenvalue weighted by molar-refractivity contribution is 7.93. The lowest BCUT2D eigenvalue weighted by molar-refractivity contribution is 0.600. The maximum absolute atomic E-state index is 12.5. The summed E-state index contributed by atoms with van der Waals surface area (Å²) in [5.41, 5.74) is 0.459. The molecule has 0 radical (unpaired) electrons. The molecule has 3 aromatic rings. The van der Waals surface area contributed by atoms with Gasteiger partial charge < -0.3 is 0 Å². The molecule has 29 heavy (non-hydrogen) atoms. The van der Waals surface area contributed by atoms with E-state index >= 15 is 0 Å². The van der Waals surface area contributed by atoms with Gasteiger partial charge in [0.2, 0.25) is 0 Å². The number of anilines is 2. The minimum atomic E-state index is -4.01. The zero-order chi connectivity index (χ0) is 21.2. The molecule has 6 nitrogen and oxygen atoms in total. The van der Waals surface area contributed by atoms with E-state index in [1.54, 1.807) is 18.2 Å². The van der Waals surface area contributed by atoms with Crippen molar-refractivity contribution in [3.63, 3.8) is 0 Å². The molecule has 0 heterocycles. The number of sulfonamides is 2. The number of nitrogens with one attached hydrogen (secondary N) is 2. The van der Waals surface area contributed by atoms with E-state index in [9.17, 15) is 16.8 Å². The average molecular weight is 492 g/mol. The van der Waals surface area contributed by atoms with Crippen LogP contribution in [-0.4, -0.2) is 16.8 Å². The van der Waals surface area contributed by atoms with Gasteiger partial charge in [0.15, 0.2) is 0 Å². The van der Waals surface area contributed by atoms with Crippen molar-refractivity contribution in [3.8, 4) is 0 Å². The second kappa shape index (κ2) is 8.41. The van der Waals surface area contributed by atoms with E-state index < -0.39 is 20.0 Å². The summed E-state index contributed by atoms with van der Waals surface area (Å²) >= 11 is 17.6. The van der Waals surface area contributed by atoms with Gasteiger partial charge in [-0.3, -0.25) is 9.44 Å². The Labute approximate surface area is 183 Å². The Morgan fingerprint density at radius 1 is 0.621 bits per heavy atom. The maximum atomic E-state index is 12.5. The Kier molecular flexibility index (Phi) is 6.30. The first-order valence-corrected chi connectivity index (χ1v) is 12.0. The Balaban J connectivity index is 1.82. The van der Waals surface area contributed by atoms with Crippen molar-refractivity contribution in [1.82, 2.24) is 0 Å². The molecule has 0 saturated carbocycles. The number of hydrogen-bond acceptors (Lipinski definition) is 4. The van der Waals surface area contributed by atoms with Crippen LogP contribution in [0.5, 0.6) is 0 Å². The lowest BCUT2D eigenvalue weighted by Crippen LogP contribution is -2.15. The van der Waals surface area contributed by atoms with Gasteiger partial charge in [0.25, 0.3) is 20.0 Å². The third-order valence-electron chi connectivity index (χ3n) is 3.68. The van der Waals surface area contributed by atoms with Crippen molar-refractivity contribution >= 4 is 66.2 Å². The molecule has 11 heteroatoms. The monoisotopic (exact) mass is 490 g/mol. The molecule has 0 atom stereocenters. The zero-order valence-corrected chi connectivity index (χ0v) is 18.3. The van der Waals surface area contributed by atoms with Gasteiger partial charge in [0.05, 0.1) is 15.6 Å². The first-order chi connectivity index (χ1) is 13.6. The number of hydrogen-bond donors (Lipinski definition) is 2. The molecule has 0 bridgehead atoms. The first-order valence-electron chi connectivity index (χ1n) is 7.93. The van der Waals surface area contributed by atoms with Crippen LogP contribution in [0.1, 0.15) is 0 Å². The van der Waals surface area contributed by atoms with Crippen molar-refractivity contribution in [2.24, 2.45) is 0 Å².